The molecule has 0 radical (unpaired) electrons. The number of methoxy groups -OCH3 is 1. The summed E-state index contributed by atoms with van der Waals surface area (Å²) in [7, 11) is 1.26. The number of esters is 1. The molecular formula is C35H51NO5. The summed E-state index contributed by atoms with van der Waals surface area (Å²) in [6.45, 7) is 12.8. The van der Waals surface area contributed by atoms with Gasteiger partial charge in [0.15, 0.2) is 11.5 Å². The molecule has 0 spiro atoms. The first-order valence-corrected chi connectivity index (χ1v) is 14.6. The van der Waals surface area contributed by atoms with Crippen LogP contribution in [-0.4, -0.2) is 35.2 Å². The fourth-order valence-electron chi connectivity index (χ4n) is 4.31. The van der Waals surface area contributed by atoms with Gasteiger partial charge in [0.25, 0.3) is 0 Å². The Morgan fingerprint density at radius 1 is 0.756 bits per heavy atom. The van der Waals surface area contributed by atoms with Gasteiger partial charge in [-0.3, -0.25) is 4.79 Å². The van der Waals surface area contributed by atoms with Gasteiger partial charge in [0, 0.05) is 12.5 Å². The minimum absolute atomic E-state index is 0.127. The van der Waals surface area contributed by atoms with Crippen molar-refractivity contribution in [2.24, 2.45) is 0 Å². The van der Waals surface area contributed by atoms with Crippen LogP contribution in [0.2, 0.25) is 0 Å². The topological polar surface area (TPSA) is 95.9 Å². The van der Waals surface area contributed by atoms with Crippen molar-refractivity contribution in [3.8, 4) is 11.5 Å². The minimum Gasteiger partial charge on any atom is -0.504 e. The summed E-state index contributed by atoms with van der Waals surface area (Å²) >= 11 is 0. The number of rotatable bonds is 17. The summed E-state index contributed by atoms with van der Waals surface area (Å²) in [5.74, 6) is -1.49. The first-order chi connectivity index (χ1) is 19.4. The van der Waals surface area contributed by atoms with Gasteiger partial charge < -0.3 is 20.3 Å². The van der Waals surface area contributed by atoms with E-state index in [9.17, 15) is 19.8 Å². The van der Waals surface area contributed by atoms with E-state index in [-0.39, 0.29) is 23.8 Å². The summed E-state index contributed by atoms with van der Waals surface area (Å²) in [5.41, 5.74) is 7.12. The molecule has 0 heterocycles. The van der Waals surface area contributed by atoms with Crippen LogP contribution in [0, 0.1) is 0 Å². The Bertz CT molecular complexity index is 1150. The maximum absolute atomic E-state index is 12.6. The van der Waals surface area contributed by atoms with Gasteiger partial charge in [-0.15, -0.1) is 0 Å². The molecule has 41 heavy (non-hydrogen) atoms. The summed E-state index contributed by atoms with van der Waals surface area (Å²) in [4.78, 5) is 24.8. The highest BCUT2D eigenvalue weighted by Gasteiger charge is 2.21. The lowest BCUT2D eigenvalue weighted by molar-refractivity contribution is -0.144. The Hall–Kier alpha value is -3.54. The van der Waals surface area contributed by atoms with Gasteiger partial charge in [0.1, 0.15) is 6.04 Å². The number of amides is 1. The van der Waals surface area contributed by atoms with Crippen molar-refractivity contribution in [1.29, 1.82) is 0 Å². The van der Waals surface area contributed by atoms with Gasteiger partial charge in [-0.1, -0.05) is 58.2 Å². The smallest absolute Gasteiger partial charge is 0.328 e. The van der Waals surface area contributed by atoms with Gasteiger partial charge >= 0.3 is 5.97 Å². The largest absolute Gasteiger partial charge is 0.504 e. The zero-order valence-corrected chi connectivity index (χ0v) is 26.2. The maximum atomic E-state index is 12.6. The molecule has 0 bridgehead atoms. The van der Waals surface area contributed by atoms with E-state index in [2.05, 4.69) is 64.2 Å². The summed E-state index contributed by atoms with van der Waals surface area (Å²) in [5, 5.41) is 21.9. The highest BCUT2D eigenvalue weighted by molar-refractivity contribution is 5.92. The van der Waals surface area contributed by atoms with Gasteiger partial charge in [-0.2, -0.15) is 0 Å². The van der Waals surface area contributed by atoms with Crippen molar-refractivity contribution >= 4 is 11.9 Å². The number of carbonyl (C=O) groups excluding carboxylic acids is 2. The molecule has 0 unspecified atom stereocenters. The average Bonchev–Trinajstić information content (AvgIpc) is 2.89. The fourth-order valence-corrected chi connectivity index (χ4v) is 4.31. The van der Waals surface area contributed by atoms with Gasteiger partial charge in [0.2, 0.25) is 5.91 Å². The van der Waals surface area contributed by atoms with Crippen LogP contribution < -0.4 is 5.32 Å². The second-order valence-electron chi connectivity index (χ2n) is 11.2. The van der Waals surface area contributed by atoms with E-state index in [0.29, 0.717) is 5.56 Å². The van der Waals surface area contributed by atoms with Crippen molar-refractivity contribution in [2.45, 2.75) is 105 Å². The molecule has 0 fully saturated rings. The van der Waals surface area contributed by atoms with Crippen LogP contribution in [0.4, 0.5) is 0 Å². The Labute approximate surface area is 247 Å². The standard InChI is InChI=1S/C35H51NO5/c1-25(2)12-8-13-26(3)14-9-15-27(4)16-10-17-28(5)18-11-19-29(6)22-34(39)36-31(35(40)41-7)23-30-20-21-32(37)33(38)24-30/h12,14,16,18,20-22,24,31,37-38H,8-11,13,15,17,19,23H2,1-7H3,(H,36,39)/t31-/m0/s1. The van der Waals surface area contributed by atoms with Crippen molar-refractivity contribution in [1.82, 2.24) is 5.32 Å². The second-order valence-corrected chi connectivity index (χ2v) is 11.2. The van der Waals surface area contributed by atoms with Crippen LogP contribution in [0.15, 0.2) is 76.4 Å². The lowest BCUT2D eigenvalue weighted by Gasteiger charge is -2.16. The van der Waals surface area contributed by atoms with Crippen LogP contribution in [0.25, 0.3) is 0 Å². The first-order valence-electron chi connectivity index (χ1n) is 14.6. The first kappa shape index (κ1) is 35.5. The third-order valence-corrected chi connectivity index (χ3v) is 6.85. The molecular weight excluding hydrogens is 514 g/mol. The number of phenolic OH excluding ortho intramolecular Hbond substituents is 2. The molecule has 0 saturated heterocycles. The molecule has 0 aliphatic carbocycles. The Balaban J connectivity index is 2.48. The molecule has 226 valence electrons. The van der Waals surface area contributed by atoms with Crippen LogP contribution >= 0.6 is 0 Å². The van der Waals surface area contributed by atoms with E-state index in [1.807, 2.05) is 6.92 Å². The van der Waals surface area contributed by atoms with Crippen LogP contribution in [0.1, 0.15) is 98.5 Å². The fraction of sp³-hybridized carbons (Fsp3) is 0.486. The van der Waals surface area contributed by atoms with E-state index >= 15 is 0 Å². The summed E-state index contributed by atoms with van der Waals surface area (Å²) in [6, 6.07) is 3.37. The number of hydrogen-bond donors (Lipinski definition) is 3. The molecule has 6 nitrogen and oxygen atoms in total. The third-order valence-electron chi connectivity index (χ3n) is 6.85. The Morgan fingerprint density at radius 3 is 1.71 bits per heavy atom. The molecule has 0 aliphatic rings. The van der Waals surface area contributed by atoms with Gasteiger partial charge in [0.05, 0.1) is 7.11 Å². The SMILES string of the molecule is COC(=O)[C@H](Cc1ccc(O)c(O)c1)NC(=O)C=C(C)CCC=C(C)CCC=C(C)CCC=C(C)CCC=C(C)C. The quantitative estimate of drug-likeness (QED) is 0.0766. The van der Waals surface area contributed by atoms with Crippen LogP contribution in [0.3, 0.4) is 0 Å². The molecule has 1 aromatic carbocycles. The highest BCUT2D eigenvalue weighted by Crippen LogP contribution is 2.25. The molecule has 1 rings (SSSR count). The number of hydrogen-bond acceptors (Lipinski definition) is 5. The second kappa shape index (κ2) is 19.5. The van der Waals surface area contributed by atoms with Crippen molar-refractivity contribution in [3.63, 3.8) is 0 Å². The summed E-state index contributed by atoms with van der Waals surface area (Å²) < 4.78 is 4.83. The molecule has 0 aliphatic heterocycles. The number of phenols is 2. The van der Waals surface area contributed by atoms with Crippen LogP contribution in [-0.2, 0) is 20.7 Å². The van der Waals surface area contributed by atoms with E-state index in [1.54, 1.807) is 6.07 Å². The lowest BCUT2D eigenvalue weighted by atomic mass is 10.0. The van der Waals surface area contributed by atoms with Crippen LogP contribution in [0.5, 0.6) is 11.5 Å². The maximum Gasteiger partial charge on any atom is 0.328 e. The van der Waals surface area contributed by atoms with E-state index < -0.39 is 12.0 Å². The predicted molar refractivity (Wildman–Crippen MR) is 169 cm³/mol. The summed E-state index contributed by atoms with van der Waals surface area (Å²) in [6.07, 6.45) is 19.0. The number of aromatic hydroxyl groups is 2. The normalized spacial score (nSPS) is 13.5. The molecule has 3 N–H and O–H groups in total. The number of carbonyl (C=O) groups is 2. The van der Waals surface area contributed by atoms with E-state index in [4.69, 9.17) is 4.74 Å². The lowest BCUT2D eigenvalue weighted by Crippen LogP contribution is -2.42. The molecule has 0 saturated carbocycles. The third kappa shape index (κ3) is 16.3. The van der Waals surface area contributed by atoms with Crippen molar-refractivity contribution < 1.29 is 24.5 Å². The molecule has 0 aromatic heterocycles. The van der Waals surface area contributed by atoms with E-state index in [1.165, 1.54) is 47.6 Å². The Morgan fingerprint density at radius 2 is 1.24 bits per heavy atom. The monoisotopic (exact) mass is 565 g/mol. The zero-order chi connectivity index (χ0) is 30.8. The number of ether oxygens (including phenoxy) is 1. The van der Waals surface area contributed by atoms with E-state index in [0.717, 1.165) is 56.9 Å². The average molecular weight is 566 g/mol. The Kier molecular flexibility index (Phi) is 16.9. The van der Waals surface area contributed by atoms with Crippen molar-refractivity contribution in [2.75, 3.05) is 7.11 Å². The highest BCUT2D eigenvalue weighted by atomic mass is 16.5. The number of allylic oxidation sites excluding steroid dienone is 9. The molecule has 1 aromatic rings. The van der Waals surface area contributed by atoms with Gasteiger partial charge in [-0.25, -0.2) is 4.79 Å². The molecule has 6 heteroatoms. The molecule has 1 atom stereocenters. The number of nitrogens with one attached hydrogen (secondary N) is 1. The number of benzene rings is 1. The van der Waals surface area contributed by atoms with Crippen molar-refractivity contribution in [3.05, 3.63) is 82.0 Å². The van der Waals surface area contributed by atoms with Gasteiger partial charge in [-0.05, 0) is 111 Å². The minimum atomic E-state index is -0.910. The zero-order valence-electron chi connectivity index (χ0n) is 26.2. The predicted octanol–water partition coefficient (Wildman–Crippen LogP) is 8.17. The molecule has 1 amide bonds.